The maximum absolute atomic E-state index is 13.0. The molecule has 0 amide bonds. The van der Waals surface area contributed by atoms with E-state index in [4.69, 9.17) is 21.1 Å². The molecule has 5 nitrogen and oxygen atoms in total. The van der Waals surface area contributed by atoms with Crippen molar-refractivity contribution in [2.45, 2.75) is 6.92 Å². The number of hydrogen-bond donors (Lipinski definition) is 0. The van der Waals surface area contributed by atoms with Gasteiger partial charge in [-0.05, 0) is 55.0 Å². The van der Waals surface area contributed by atoms with Gasteiger partial charge in [0.1, 0.15) is 11.5 Å². The van der Waals surface area contributed by atoms with Gasteiger partial charge < -0.3 is 14.0 Å². The smallest absolute Gasteiger partial charge is 0.232 e. The molecule has 0 radical (unpaired) electrons. The minimum absolute atomic E-state index is 0.132. The SMILES string of the molecule is Cc1cc(OCC(=O)c2ccc(Cl)cc2)cc2c1C(=O)/C(=C/c1cn(C)c3ccccc13)O2. The molecule has 0 saturated carbocycles. The lowest BCUT2D eigenvalue weighted by molar-refractivity contribution is 0.0920. The van der Waals surface area contributed by atoms with E-state index in [-0.39, 0.29) is 23.9 Å². The highest BCUT2D eigenvalue weighted by Gasteiger charge is 2.30. The minimum Gasteiger partial charge on any atom is -0.485 e. The number of para-hydroxylation sites is 1. The van der Waals surface area contributed by atoms with Crippen molar-refractivity contribution in [3.63, 3.8) is 0 Å². The first-order chi connectivity index (χ1) is 15.9. The summed E-state index contributed by atoms with van der Waals surface area (Å²) in [7, 11) is 1.97. The van der Waals surface area contributed by atoms with Crippen LogP contribution in [-0.2, 0) is 7.05 Å². The third kappa shape index (κ3) is 3.92. The van der Waals surface area contributed by atoms with Crippen molar-refractivity contribution < 1.29 is 19.1 Å². The van der Waals surface area contributed by atoms with Gasteiger partial charge >= 0.3 is 0 Å². The van der Waals surface area contributed by atoms with Crippen LogP contribution >= 0.6 is 11.6 Å². The third-order valence-corrected chi connectivity index (χ3v) is 5.95. The summed E-state index contributed by atoms with van der Waals surface area (Å²) in [6.07, 6.45) is 3.75. The Kier molecular flexibility index (Phi) is 5.27. The van der Waals surface area contributed by atoms with Gasteiger partial charge in [0.05, 0.1) is 5.56 Å². The van der Waals surface area contributed by atoms with Gasteiger partial charge in [-0.3, -0.25) is 9.59 Å². The van der Waals surface area contributed by atoms with Gasteiger partial charge in [0.15, 0.2) is 18.1 Å². The third-order valence-electron chi connectivity index (χ3n) is 5.69. The first kappa shape index (κ1) is 21.0. The second-order valence-electron chi connectivity index (χ2n) is 7.98. The molecule has 4 aromatic rings. The number of hydrogen-bond acceptors (Lipinski definition) is 4. The Morgan fingerprint density at radius 2 is 1.88 bits per heavy atom. The van der Waals surface area contributed by atoms with Crippen LogP contribution in [0.5, 0.6) is 11.5 Å². The zero-order chi connectivity index (χ0) is 23.1. The number of ether oxygens (including phenoxy) is 2. The van der Waals surface area contributed by atoms with Gasteiger partial charge in [0.25, 0.3) is 0 Å². The second-order valence-corrected chi connectivity index (χ2v) is 8.42. The Balaban J connectivity index is 1.38. The summed E-state index contributed by atoms with van der Waals surface area (Å²) in [4.78, 5) is 25.4. The molecule has 0 unspecified atom stereocenters. The number of ketones is 2. The number of rotatable bonds is 5. The summed E-state index contributed by atoms with van der Waals surface area (Å²) in [5, 5.41) is 1.61. The Bertz CT molecular complexity index is 1450. The highest BCUT2D eigenvalue weighted by atomic mass is 35.5. The highest BCUT2D eigenvalue weighted by Crippen LogP contribution is 2.38. The van der Waals surface area contributed by atoms with E-state index in [1.54, 1.807) is 42.5 Å². The van der Waals surface area contributed by atoms with E-state index in [9.17, 15) is 9.59 Å². The number of aromatic nitrogens is 1. The van der Waals surface area contributed by atoms with Gasteiger partial charge in [-0.15, -0.1) is 0 Å². The summed E-state index contributed by atoms with van der Waals surface area (Å²) in [5.41, 5.74) is 3.74. The first-order valence-corrected chi connectivity index (χ1v) is 10.8. The standard InChI is InChI=1S/C27H20ClNO4/c1-16-11-20(32-15-23(30)17-7-9-19(28)10-8-17)13-24-26(16)27(31)25(33-24)12-18-14-29(2)22-6-4-3-5-21(18)22/h3-14H,15H2,1-2H3/b25-12-. The van der Waals surface area contributed by atoms with Crippen molar-refractivity contribution in [2.75, 3.05) is 6.61 Å². The fraction of sp³-hybridized carbons (Fsp3) is 0.111. The highest BCUT2D eigenvalue weighted by molar-refractivity contribution is 6.30. The fourth-order valence-electron chi connectivity index (χ4n) is 4.06. The molecule has 0 N–H and O–H groups in total. The monoisotopic (exact) mass is 457 g/mol. The van der Waals surface area contributed by atoms with Crippen molar-refractivity contribution in [3.05, 3.63) is 99.9 Å². The zero-order valence-electron chi connectivity index (χ0n) is 18.1. The van der Waals surface area contributed by atoms with Crippen LogP contribution in [0.15, 0.2) is 72.6 Å². The van der Waals surface area contributed by atoms with E-state index < -0.39 is 0 Å². The van der Waals surface area contributed by atoms with Gasteiger partial charge in [-0.25, -0.2) is 0 Å². The largest absolute Gasteiger partial charge is 0.485 e. The topological polar surface area (TPSA) is 57.5 Å². The molecule has 2 heterocycles. The Hall–Kier alpha value is -3.83. The molecule has 164 valence electrons. The number of allylic oxidation sites excluding steroid dienone is 1. The van der Waals surface area contributed by atoms with Crippen LogP contribution in [0, 0.1) is 6.92 Å². The van der Waals surface area contributed by atoms with Crippen LogP contribution in [0.2, 0.25) is 5.02 Å². The maximum atomic E-state index is 13.0. The Morgan fingerprint density at radius 1 is 1.12 bits per heavy atom. The number of benzene rings is 3. The predicted molar refractivity (Wildman–Crippen MR) is 128 cm³/mol. The Morgan fingerprint density at radius 3 is 2.67 bits per heavy atom. The van der Waals surface area contributed by atoms with Crippen LogP contribution in [0.3, 0.4) is 0 Å². The summed E-state index contributed by atoms with van der Waals surface area (Å²) >= 11 is 5.88. The molecule has 0 bridgehead atoms. The summed E-state index contributed by atoms with van der Waals surface area (Å²) in [6.45, 7) is 1.70. The maximum Gasteiger partial charge on any atom is 0.232 e. The number of aryl methyl sites for hydroxylation is 2. The van der Waals surface area contributed by atoms with E-state index in [2.05, 4.69) is 0 Å². The predicted octanol–water partition coefficient (Wildman–Crippen LogP) is 6.02. The number of carbonyl (C=O) groups excluding carboxylic acids is 2. The molecular formula is C27H20ClNO4. The lowest BCUT2D eigenvalue weighted by Crippen LogP contribution is -2.11. The van der Waals surface area contributed by atoms with Crippen molar-refractivity contribution in [2.24, 2.45) is 7.05 Å². The molecule has 1 aliphatic heterocycles. The summed E-state index contributed by atoms with van der Waals surface area (Å²) < 4.78 is 13.7. The van der Waals surface area contributed by atoms with E-state index in [1.165, 1.54) is 0 Å². The number of nitrogens with zero attached hydrogens (tertiary/aromatic N) is 1. The lowest BCUT2D eigenvalue weighted by Gasteiger charge is -2.09. The molecule has 3 aromatic carbocycles. The molecule has 0 spiro atoms. The van der Waals surface area contributed by atoms with E-state index in [0.717, 1.165) is 22.0 Å². The van der Waals surface area contributed by atoms with E-state index in [0.29, 0.717) is 27.6 Å². The molecule has 5 rings (SSSR count). The van der Waals surface area contributed by atoms with Crippen molar-refractivity contribution in [3.8, 4) is 11.5 Å². The van der Waals surface area contributed by atoms with Crippen LogP contribution in [0.4, 0.5) is 0 Å². The molecule has 0 atom stereocenters. The van der Waals surface area contributed by atoms with Gasteiger partial charge in [-0.1, -0.05) is 29.8 Å². The quantitative estimate of drug-likeness (QED) is 0.271. The van der Waals surface area contributed by atoms with Crippen molar-refractivity contribution in [1.29, 1.82) is 0 Å². The van der Waals surface area contributed by atoms with E-state index in [1.807, 2.05) is 49.0 Å². The zero-order valence-corrected chi connectivity index (χ0v) is 18.8. The normalized spacial score (nSPS) is 13.9. The molecule has 33 heavy (non-hydrogen) atoms. The lowest BCUT2D eigenvalue weighted by atomic mass is 10.0. The molecule has 6 heteroatoms. The van der Waals surface area contributed by atoms with Crippen LogP contribution in [-0.4, -0.2) is 22.7 Å². The van der Waals surface area contributed by atoms with E-state index >= 15 is 0 Å². The molecule has 0 saturated heterocycles. The number of halogens is 1. The average molecular weight is 458 g/mol. The number of fused-ring (bicyclic) bond motifs is 2. The first-order valence-electron chi connectivity index (χ1n) is 10.5. The second kappa shape index (κ2) is 8.26. The van der Waals surface area contributed by atoms with Crippen molar-refractivity contribution in [1.82, 2.24) is 4.57 Å². The Labute approximate surface area is 195 Å². The van der Waals surface area contributed by atoms with Gasteiger partial charge in [0.2, 0.25) is 5.78 Å². The molecule has 1 aromatic heterocycles. The van der Waals surface area contributed by atoms with Crippen LogP contribution < -0.4 is 9.47 Å². The molecular weight excluding hydrogens is 438 g/mol. The fourth-order valence-corrected chi connectivity index (χ4v) is 4.18. The van der Waals surface area contributed by atoms with Gasteiger partial charge in [0, 0.05) is 46.4 Å². The summed E-state index contributed by atoms with van der Waals surface area (Å²) in [5.74, 6) is 0.824. The number of carbonyl (C=O) groups is 2. The van der Waals surface area contributed by atoms with Crippen LogP contribution in [0.1, 0.15) is 31.8 Å². The van der Waals surface area contributed by atoms with Crippen molar-refractivity contribution >= 4 is 40.1 Å². The molecule has 1 aliphatic rings. The average Bonchev–Trinajstić information content (AvgIpc) is 3.29. The minimum atomic E-state index is -0.168. The summed E-state index contributed by atoms with van der Waals surface area (Å²) in [6, 6.07) is 18.0. The number of Topliss-reactive ketones (excluding diaryl/α,β-unsaturated/α-hetero) is 2. The molecule has 0 fully saturated rings. The van der Waals surface area contributed by atoms with Crippen LogP contribution in [0.25, 0.3) is 17.0 Å². The van der Waals surface area contributed by atoms with Gasteiger partial charge in [-0.2, -0.15) is 0 Å². The molecule has 0 aliphatic carbocycles.